The lowest BCUT2D eigenvalue weighted by molar-refractivity contribution is 0.207. The molecule has 15 heavy (non-hydrogen) atoms. The van der Waals surface area contributed by atoms with E-state index >= 15 is 0 Å². The van der Waals surface area contributed by atoms with Crippen LogP contribution in [0, 0.1) is 11.8 Å². The predicted molar refractivity (Wildman–Crippen MR) is 62.7 cm³/mol. The van der Waals surface area contributed by atoms with Gasteiger partial charge in [0.15, 0.2) is 0 Å². The van der Waals surface area contributed by atoms with Gasteiger partial charge in [0, 0.05) is 11.4 Å². The van der Waals surface area contributed by atoms with Crippen molar-refractivity contribution in [2.24, 2.45) is 17.6 Å². The molecule has 0 aliphatic heterocycles. The summed E-state index contributed by atoms with van der Waals surface area (Å²) in [5, 5.41) is 6.19. The number of rotatable bonds is 3. The van der Waals surface area contributed by atoms with E-state index in [-0.39, 0.29) is 0 Å². The molecule has 1 heterocycles. The summed E-state index contributed by atoms with van der Waals surface area (Å²) in [6.45, 7) is 2.29. The van der Waals surface area contributed by atoms with Crippen LogP contribution in [-0.4, -0.2) is 15.6 Å². The monoisotopic (exact) mass is 225 g/mol. The molecule has 84 valence electrons. The molecule has 1 fully saturated rings. The Morgan fingerprint density at radius 1 is 1.47 bits per heavy atom. The molecule has 3 atom stereocenters. The summed E-state index contributed by atoms with van der Waals surface area (Å²) >= 11 is 1.45. The third kappa shape index (κ3) is 2.75. The van der Waals surface area contributed by atoms with E-state index < -0.39 is 0 Å². The van der Waals surface area contributed by atoms with Crippen molar-refractivity contribution < 1.29 is 0 Å². The fourth-order valence-electron chi connectivity index (χ4n) is 2.69. The van der Waals surface area contributed by atoms with Gasteiger partial charge in [-0.25, -0.2) is 0 Å². The zero-order valence-corrected chi connectivity index (χ0v) is 10.0. The lowest BCUT2D eigenvalue weighted by Crippen LogP contribution is -2.34. The predicted octanol–water partition coefficient (Wildman–Crippen LogP) is 2.23. The Hall–Kier alpha value is -0.480. The molecule has 3 nitrogen and oxygen atoms in total. The van der Waals surface area contributed by atoms with Crippen LogP contribution in [0.15, 0.2) is 5.38 Å². The molecular formula is C11H19N3S. The molecule has 1 aromatic heterocycles. The number of aromatic nitrogens is 2. The van der Waals surface area contributed by atoms with Gasteiger partial charge in [-0.3, -0.25) is 0 Å². The van der Waals surface area contributed by atoms with E-state index in [9.17, 15) is 0 Å². The molecular weight excluding hydrogens is 206 g/mol. The maximum atomic E-state index is 6.04. The molecule has 0 saturated heterocycles. The summed E-state index contributed by atoms with van der Waals surface area (Å²) in [5.74, 6) is 1.56. The normalized spacial score (nSPS) is 31.7. The van der Waals surface area contributed by atoms with Crippen molar-refractivity contribution in [3.63, 3.8) is 0 Å². The second kappa shape index (κ2) is 5.03. The van der Waals surface area contributed by atoms with Gasteiger partial charge in [0.2, 0.25) is 0 Å². The van der Waals surface area contributed by atoms with Crippen LogP contribution in [0.4, 0.5) is 0 Å². The summed E-state index contributed by atoms with van der Waals surface area (Å²) in [5.41, 5.74) is 7.19. The summed E-state index contributed by atoms with van der Waals surface area (Å²) in [6, 6.07) is 0.407. The number of hydrogen-bond acceptors (Lipinski definition) is 4. The molecule has 1 aliphatic rings. The minimum Gasteiger partial charge on any atom is -0.328 e. The van der Waals surface area contributed by atoms with Crippen LogP contribution in [0.2, 0.25) is 0 Å². The molecule has 4 heteroatoms. The highest BCUT2D eigenvalue weighted by atomic mass is 32.1. The quantitative estimate of drug-likeness (QED) is 0.858. The summed E-state index contributed by atoms with van der Waals surface area (Å²) in [7, 11) is 0. The number of nitrogens with two attached hydrogens (primary N) is 1. The lowest BCUT2D eigenvalue weighted by Gasteiger charge is -2.33. The number of nitrogens with zero attached hydrogens (tertiary/aromatic N) is 2. The Morgan fingerprint density at radius 2 is 2.33 bits per heavy atom. The summed E-state index contributed by atoms with van der Waals surface area (Å²) in [4.78, 5) is 0. The summed E-state index contributed by atoms with van der Waals surface area (Å²) < 4.78 is 3.92. The smallest absolute Gasteiger partial charge is 0.0758 e. The average molecular weight is 225 g/mol. The number of hydrogen-bond donors (Lipinski definition) is 1. The average Bonchev–Trinajstić information content (AvgIpc) is 2.71. The minimum absolute atomic E-state index is 0.407. The van der Waals surface area contributed by atoms with Crippen LogP contribution in [-0.2, 0) is 6.42 Å². The van der Waals surface area contributed by atoms with Gasteiger partial charge in [-0.1, -0.05) is 17.8 Å². The first kappa shape index (κ1) is 11.0. The summed E-state index contributed by atoms with van der Waals surface area (Å²) in [6.07, 6.45) is 6.00. The van der Waals surface area contributed by atoms with Gasteiger partial charge in [-0.05, 0) is 49.1 Å². The molecule has 1 saturated carbocycles. The second-order valence-corrected chi connectivity index (χ2v) is 5.21. The highest BCUT2D eigenvalue weighted by Crippen LogP contribution is 2.33. The topological polar surface area (TPSA) is 51.8 Å². The maximum absolute atomic E-state index is 6.04. The third-order valence-electron chi connectivity index (χ3n) is 3.58. The Kier molecular flexibility index (Phi) is 3.70. The first-order valence-corrected chi connectivity index (χ1v) is 6.64. The zero-order valence-electron chi connectivity index (χ0n) is 9.22. The van der Waals surface area contributed by atoms with Gasteiger partial charge in [0.1, 0.15) is 0 Å². The minimum atomic E-state index is 0.407. The molecule has 0 bridgehead atoms. The Labute approximate surface area is 95.2 Å². The maximum Gasteiger partial charge on any atom is 0.0758 e. The van der Waals surface area contributed by atoms with E-state index in [0.717, 1.165) is 30.4 Å². The zero-order chi connectivity index (χ0) is 10.7. The van der Waals surface area contributed by atoms with Gasteiger partial charge in [-0.2, -0.15) is 0 Å². The Balaban J connectivity index is 1.98. The van der Waals surface area contributed by atoms with Crippen molar-refractivity contribution in [2.45, 2.75) is 45.1 Å². The van der Waals surface area contributed by atoms with Crippen LogP contribution in [0.3, 0.4) is 0 Å². The van der Waals surface area contributed by atoms with Crippen molar-refractivity contribution in [3.05, 3.63) is 11.1 Å². The van der Waals surface area contributed by atoms with Gasteiger partial charge in [-0.15, -0.1) is 5.10 Å². The standard InChI is InChI=1S/C11H19N3S/c1-2-8-3-4-10(12)5-9(8)6-11-7-15-14-13-11/h7-10H,2-6,12H2,1H3. The van der Waals surface area contributed by atoms with Crippen molar-refractivity contribution in [2.75, 3.05) is 0 Å². The first-order valence-electron chi connectivity index (χ1n) is 5.81. The Bertz CT molecular complexity index is 286. The molecule has 1 aliphatic carbocycles. The highest BCUT2D eigenvalue weighted by molar-refractivity contribution is 7.03. The van der Waals surface area contributed by atoms with Crippen LogP contribution >= 0.6 is 11.5 Å². The molecule has 0 aromatic carbocycles. The second-order valence-electron chi connectivity index (χ2n) is 4.60. The SMILES string of the molecule is CCC1CCC(N)CC1Cc1csnn1. The van der Waals surface area contributed by atoms with Gasteiger partial charge in [0.25, 0.3) is 0 Å². The lowest BCUT2D eigenvalue weighted by atomic mass is 9.74. The van der Waals surface area contributed by atoms with Crippen LogP contribution in [0.1, 0.15) is 38.3 Å². The van der Waals surface area contributed by atoms with Crippen molar-refractivity contribution >= 4 is 11.5 Å². The van der Waals surface area contributed by atoms with E-state index in [2.05, 4.69) is 21.9 Å². The van der Waals surface area contributed by atoms with Crippen molar-refractivity contribution in [1.29, 1.82) is 0 Å². The third-order valence-corrected chi connectivity index (χ3v) is 4.13. The molecule has 2 rings (SSSR count). The van der Waals surface area contributed by atoms with E-state index in [1.165, 1.54) is 30.8 Å². The van der Waals surface area contributed by atoms with Crippen LogP contribution < -0.4 is 5.73 Å². The molecule has 0 radical (unpaired) electrons. The fraction of sp³-hybridized carbons (Fsp3) is 0.818. The van der Waals surface area contributed by atoms with Gasteiger partial charge in [0.05, 0.1) is 5.69 Å². The van der Waals surface area contributed by atoms with Crippen molar-refractivity contribution in [3.8, 4) is 0 Å². The van der Waals surface area contributed by atoms with E-state index in [1.54, 1.807) is 0 Å². The molecule has 2 N–H and O–H groups in total. The van der Waals surface area contributed by atoms with E-state index in [4.69, 9.17) is 5.73 Å². The van der Waals surface area contributed by atoms with Gasteiger partial charge >= 0.3 is 0 Å². The molecule has 3 unspecified atom stereocenters. The van der Waals surface area contributed by atoms with E-state index in [0.29, 0.717) is 6.04 Å². The largest absolute Gasteiger partial charge is 0.328 e. The first-order chi connectivity index (χ1) is 7.29. The molecule has 0 spiro atoms. The Morgan fingerprint density at radius 3 is 3.00 bits per heavy atom. The fourth-order valence-corrected chi connectivity index (χ4v) is 3.16. The van der Waals surface area contributed by atoms with E-state index in [1.807, 2.05) is 0 Å². The van der Waals surface area contributed by atoms with Crippen LogP contribution in [0.5, 0.6) is 0 Å². The van der Waals surface area contributed by atoms with Gasteiger partial charge < -0.3 is 5.73 Å². The van der Waals surface area contributed by atoms with Crippen molar-refractivity contribution in [1.82, 2.24) is 9.59 Å². The molecule has 1 aromatic rings. The molecule has 0 amide bonds. The highest BCUT2D eigenvalue weighted by Gasteiger charge is 2.28. The van der Waals surface area contributed by atoms with Crippen LogP contribution in [0.25, 0.3) is 0 Å².